The van der Waals surface area contributed by atoms with Crippen molar-refractivity contribution in [1.29, 1.82) is 0 Å². The third-order valence-electron chi connectivity index (χ3n) is 4.29. The van der Waals surface area contributed by atoms with Crippen molar-refractivity contribution in [3.8, 4) is 0 Å². The minimum Gasteiger partial charge on any atom is -0.106 e. The van der Waals surface area contributed by atoms with Gasteiger partial charge in [0.25, 0.3) is 0 Å². The highest BCUT2D eigenvalue weighted by Crippen LogP contribution is 2.13. The van der Waals surface area contributed by atoms with E-state index < -0.39 is 0 Å². The zero-order valence-electron chi connectivity index (χ0n) is 24.1. The molecule has 0 aliphatic carbocycles. The molecule has 186 valence electrons. The first-order valence-electron chi connectivity index (χ1n) is 12.9. The van der Waals surface area contributed by atoms with E-state index in [-0.39, 0.29) is 0 Å². The highest BCUT2D eigenvalue weighted by atomic mass is 14.1. The van der Waals surface area contributed by atoms with Gasteiger partial charge in [-0.2, -0.15) is 0 Å². The van der Waals surface area contributed by atoms with Crippen LogP contribution < -0.4 is 0 Å². The molecule has 0 bridgehead atoms. The van der Waals surface area contributed by atoms with Gasteiger partial charge in [0.05, 0.1) is 0 Å². The fourth-order valence-electron chi connectivity index (χ4n) is 2.86. The minimum atomic E-state index is 0.780. The van der Waals surface area contributed by atoms with Gasteiger partial charge in [-0.1, -0.05) is 122 Å². The van der Waals surface area contributed by atoms with Gasteiger partial charge >= 0.3 is 0 Å². The highest BCUT2D eigenvalue weighted by molar-refractivity contribution is 4.67. The number of rotatable bonds is 10. The van der Waals surface area contributed by atoms with E-state index in [1.807, 2.05) is 6.08 Å². The molecule has 0 spiro atoms. The van der Waals surface area contributed by atoms with Gasteiger partial charge < -0.3 is 0 Å². The van der Waals surface area contributed by atoms with Crippen LogP contribution in [0.1, 0.15) is 135 Å². The molecule has 1 unspecified atom stereocenters. The van der Waals surface area contributed by atoms with Crippen molar-refractivity contribution >= 4 is 0 Å². The molecule has 0 aromatic heterocycles. The molecule has 0 aliphatic rings. The second-order valence-corrected chi connectivity index (χ2v) is 10.6. The van der Waals surface area contributed by atoms with Gasteiger partial charge in [0.1, 0.15) is 0 Å². The van der Waals surface area contributed by atoms with E-state index in [0.717, 1.165) is 41.9 Å². The summed E-state index contributed by atoms with van der Waals surface area (Å²) in [5, 5.41) is 0. The van der Waals surface area contributed by atoms with Gasteiger partial charge in [-0.3, -0.25) is 0 Å². The van der Waals surface area contributed by atoms with E-state index >= 15 is 0 Å². The van der Waals surface area contributed by atoms with Crippen molar-refractivity contribution in [2.75, 3.05) is 0 Å². The highest BCUT2D eigenvalue weighted by Gasteiger charge is 2.00. The summed E-state index contributed by atoms with van der Waals surface area (Å²) in [5.74, 6) is 5.24. The average molecular weight is 427 g/mol. The molecular weight excluding hydrogens is 360 g/mol. The molecule has 0 rings (SSSR count). The van der Waals surface area contributed by atoms with E-state index in [1.54, 1.807) is 0 Å². The molecule has 0 heterocycles. The lowest BCUT2D eigenvalue weighted by Gasteiger charge is -2.09. The first-order chi connectivity index (χ1) is 13.8. The Bertz CT molecular complexity index is 264. The van der Waals surface area contributed by atoms with Crippen LogP contribution >= 0.6 is 0 Å². The smallest absolute Gasteiger partial charge is 0.0330 e. The Kier molecular flexibility index (Phi) is 44.1. The first kappa shape index (κ1) is 39.9. The Labute approximate surface area is 196 Å². The largest absolute Gasteiger partial charge is 0.106 e. The lowest BCUT2D eigenvalue weighted by atomic mass is 9.97. The average Bonchev–Trinajstić information content (AvgIpc) is 2.61. The van der Waals surface area contributed by atoms with Gasteiger partial charge in [-0.15, -0.1) is 19.7 Å². The van der Waals surface area contributed by atoms with Crippen LogP contribution in [0.5, 0.6) is 0 Å². The minimum absolute atomic E-state index is 0.780. The van der Waals surface area contributed by atoms with Crippen molar-refractivity contribution in [1.82, 2.24) is 0 Å². The quantitative estimate of drug-likeness (QED) is 0.304. The summed E-state index contributed by atoms with van der Waals surface area (Å²) in [7, 11) is 0. The fraction of sp³-hybridized carbons (Fsp3) is 0.867. The Morgan fingerprint density at radius 2 is 1.00 bits per heavy atom. The Balaban J connectivity index is -0.0000000903. The van der Waals surface area contributed by atoms with Crippen molar-refractivity contribution in [2.45, 2.75) is 135 Å². The maximum Gasteiger partial charge on any atom is -0.0330 e. The van der Waals surface area contributed by atoms with Gasteiger partial charge in [-0.05, 0) is 54.8 Å². The molecule has 30 heavy (non-hydrogen) atoms. The van der Waals surface area contributed by atoms with E-state index in [9.17, 15) is 0 Å². The monoisotopic (exact) mass is 427 g/mol. The van der Waals surface area contributed by atoms with Crippen molar-refractivity contribution in [3.05, 3.63) is 25.8 Å². The summed E-state index contributed by atoms with van der Waals surface area (Å²) in [6, 6.07) is 0. The van der Waals surface area contributed by atoms with Crippen molar-refractivity contribution in [2.24, 2.45) is 35.5 Å². The molecule has 0 aromatic carbocycles. The topological polar surface area (TPSA) is 0 Å². The molecule has 0 nitrogen and oxygen atoms in total. The molecule has 0 amide bonds. The van der Waals surface area contributed by atoms with Crippen LogP contribution in [-0.2, 0) is 0 Å². The Morgan fingerprint density at radius 3 is 1.07 bits per heavy atom. The zero-order valence-corrected chi connectivity index (χ0v) is 24.1. The van der Waals surface area contributed by atoms with Crippen LogP contribution in [0.15, 0.2) is 25.8 Å². The van der Waals surface area contributed by atoms with Gasteiger partial charge in [0, 0.05) is 0 Å². The Hall–Kier alpha value is -0.520. The summed E-state index contributed by atoms with van der Waals surface area (Å²) >= 11 is 0. The number of allylic oxidation sites excluding steroid dienone is 1. The second-order valence-electron chi connectivity index (χ2n) is 10.6. The van der Waals surface area contributed by atoms with Crippen LogP contribution in [0.3, 0.4) is 0 Å². The van der Waals surface area contributed by atoms with Crippen LogP contribution in [0, 0.1) is 35.5 Å². The third-order valence-corrected chi connectivity index (χ3v) is 4.29. The predicted molar refractivity (Wildman–Crippen MR) is 148 cm³/mol. The van der Waals surface area contributed by atoms with Crippen LogP contribution in [0.25, 0.3) is 0 Å². The summed E-state index contributed by atoms with van der Waals surface area (Å²) in [4.78, 5) is 0. The van der Waals surface area contributed by atoms with E-state index in [2.05, 4.69) is 110 Å². The SMILES string of the molecule is C=C.C=CCC(C)C.CC(C)CC(C)C.CCC(C)CC(C)C.CCCCC(C)C. The molecule has 0 saturated heterocycles. The first-order valence-corrected chi connectivity index (χ1v) is 12.9. The Morgan fingerprint density at radius 1 is 0.600 bits per heavy atom. The summed E-state index contributed by atoms with van der Waals surface area (Å²) in [5.41, 5.74) is 0. The van der Waals surface area contributed by atoms with E-state index in [4.69, 9.17) is 0 Å². The summed E-state index contributed by atoms with van der Waals surface area (Å²) < 4.78 is 0. The summed E-state index contributed by atoms with van der Waals surface area (Å²) in [6.45, 7) is 39.0. The molecule has 0 fully saturated rings. The van der Waals surface area contributed by atoms with Gasteiger partial charge in [0.2, 0.25) is 0 Å². The third kappa shape index (κ3) is 70.9. The second kappa shape index (κ2) is 33.1. The van der Waals surface area contributed by atoms with E-state index in [0.29, 0.717) is 0 Å². The predicted octanol–water partition coefficient (Wildman–Crippen LogP) is 11.6. The van der Waals surface area contributed by atoms with E-state index in [1.165, 1.54) is 38.5 Å². The van der Waals surface area contributed by atoms with Crippen LogP contribution in [0.2, 0.25) is 0 Å². The number of unbranched alkanes of at least 4 members (excludes halogenated alkanes) is 1. The molecule has 0 heteroatoms. The molecule has 0 aliphatic heterocycles. The molecule has 0 aromatic rings. The zero-order chi connectivity index (χ0) is 25.1. The lowest BCUT2D eigenvalue weighted by molar-refractivity contribution is 0.429. The van der Waals surface area contributed by atoms with Gasteiger partial charge in [-0.25, -0.2) is 0 Å². The fourth-order valence-corrected chi connectivity index (χ4v) is 2.86. The van der Waals surface area contributed by atoms with Crippen molar-refractivity contribution in [3.63, 3.8) is 0 Å². The summed E-state index contributed by atoms with van der Waals surface area (Å²) in [6.07, 6.45) is 11.3. The molecular formula is C30H66. The standard InChI is InChI=1S/C8H18.2C7H16.C6H12.C2H4/c1-5-8(4)6-7(2)3;1-6(2)5-7(3)4;1-4-5-6-7(2)3;1-4-5-6(2)3;1-2/h7-8H,5-6H2,1-4H3;6-7H,5H2,1-4H3;7H,4-6H2,1-3H3;4,6H,1,5H2,2-3H3;1-2H2. The normalized spacial score (nSPS) is 10.9. The molecule has 1 atom stereocenters. The maximum atomic E-state index is 3.60. The molecule has 0 radical (unpaired) electrons. The maximum absolute atomic E-state index is 3.60. The number of hydrogen-bond donors (Lipinski definition) is 0. The molecule has 0 saturated carbocycles. The lowest BCUT2D eigenvalue weighted by Crippen LogP contribution is -1.97. The van der Waals surface area contributed by atoms with Gasteiger partial charge in [0.15, 0.2) is 0 Å². The molecule has 0 N–H and O–H groups in total. The van der Waals surface area contributed by atoms with Crippen LogP contribution in [-0.4, -0.2) is 0 Å². The van der Waals surface area contributed by atoms with Crippen molar-refractivity contribution < 1.29 is 0 Å². The van der Waals surface area contributed by atoms with Crippen LogP contribution in [0.4, 0.5) is 0 Å². The number of hydrogen-bond acceptors (Lipinski definition) is 0.